The van der Waals surface area contributed by atoms with Gasteiger partial charge in [0.25, 0.3) is 0 Å². The Morgan fingerprint density at radius 2 is 1.81 bits per heavy atom. The molecule has 3 aromatic rings. The van der Waals surface area contributed by atoms with Gasteiger partial charge in [0.05, 0.1) is 16.2 Å². The number of benzene rings is 2. The maximum atomic E-state index is 12.8. The Labute approximate surface area is 219 Å². The Bertz CT molecular complexity index is 1190. The molecule has 2 aromatic carbocycles. The van der Waals surface area contributed by atoms with Crippen LogP contribution in [0, 0.1) is 0 Å². The van der Waals surface area contributed by atoms with Gasteiger partial charge in [-0.15, -0.1) is 0 Å². The van der Waals surface area contributed by atoms with Gasteiger partial charge in [0.2, 0.25) is 5.91 Å². The zero-order valence-electron chi connectivity index (χ0n) is 21.8. The van der Waals surface area contributed by atoms with Crippen LogP contribution in [0.4, 0.5) is 10.5 Å². The maximum Gasteiger partial charge on any atom is 0.410 e. The van der Waals surface area contributed by atoms with Crippen LogP contribution in [-0.2, 0) is 16.0 Å². The molecule has 0 radical (unpaired) electrons. The molecule has 1 atom stereocenters. The van der Waals surface area contributed by atoms with Crippen molar-refractivity contribution < 1.29 is 14.3 Å². The number of carbonyl (C=O) groups excluding carboxylic acids is 2. The third kappa shape index (κ3) is 7.69. The van der Waals surface area contributed by atoms with Crippen LogP contribution in [0.2, 0.25) is 5.02 Å². The number of pyridine rings is 1. The highest BCUT2D eigenvalue weighted by Gasteiger charge is 2.21. The fourth-order valence-corrected chi connectivity index (χ4v) is 4.22. The van der Waals surface area contributed by atoms with Gasteiger partial charge < -0.3 is 15.0 Å². The van der Waals surface area contributed by atoms with Crippen LogP contribution >= 0.6 is 11.6 Å². The largest absolute Gasteiger partial charge is 0.444 e. The summed E-state index contributed by atoms with van der Waals surface area (Å²) in [6.07, 6.45) is 1.54. The molecule has 0 unspecified atom stereocenters. The molecule has 6 nitrogen and oxygen atoms in total. The number of amides is 2. The zero-order valence-corrected chi connectivity index (χ0v) is 22.6. The molecule has 0 aliphatic rings. The van der Waals surface area contributed by atoms with E-state index in [1.54, 1.807) is 11.0 Å². The van der Waals surface area contributed by atoms with E-state index >= 15 is 0 Å². The molecule has 2 amide bonds. The summed E-state index contributed by atoms with van der Waals surface area (Å²) in [7, 11) is 0. The first kappa shape index (κ1) is 27.5. The normalized spacial score (nSPS) is 12.3. The lowest BCUT2D eigenvalue weighted by Crippen LogP contribution is -2.37. The Balaban J connectivity index is 1.65. The van der Waals surface area contributed by atoms with Crippen LogP contribution in [0.15, 0.2) is 54.6 Å². The van der Waals surface area contributed by atoms with Gasteiger partial charge in [-0.2, -0.15) is 0 Å². The number of ether oxygens (including phenoxy) is 1. The number of carbonyl (C=O) groups is 2. The van der Waals surface area contributed by atoms with Gasteiger partial charge in [-0.05, 0) is 76.3 Å². The third-order valence-electron chi connectivity index (χ3n) is 5.90. The minimum atomic E-state index is -0.515. The fourth-order valence-electron chi connectivity index (χ4n) is 4.01. The maximum absolute atomic E-state index is 12.8. The Kier molecular flexibility index (Phi) is 9.32. The highest BCUT2D eigenvalue weighted by Crippen LogP contribution is 2.31. The molecular weight excluding hydrogens is 474 g/mol. The van der Waals surface area contributed by atoms with E-state index in [-0.39, 0.29) is 17.9 Å². The van der Waals surface area contributed by atoms with E-state index in [4.69, 9.17) is 21.3 Å². The second kappa shape index (κ2) is 12.2. The lowest BCUT2D eigenvalue weighted by Gasteiger charge is -2.26. The number of aryl methyl sites for hydroxylation is 1. The highest BCUT2D eigenvalue weighted by molar-refractivity contribution is 6.35. The van der Waals surface area contributed by atoms with Gasteiger partial charge in [-0.3, -0.25) is 9.78 Å². The number of halogens is 1. The molecule has 0 fully saturated rings. The van der Waals surface area contributed by atoms with Crippen LogP contribution in [0.3, 0.4) is 0 Å². The number of hydrogen-bond donors (Lipinski definition) is 1. The Morgan fingerprint density at radius 1 is 1.08 bits per heavy atom. The van der Waals surface area contributed by atoms with Crippen molar-refractivity contribution in [3.8, 4) is 0 Å². The molecule has 192 valence electrons. The van der Waals surface area contributed by atoms with Gasteiger partial charge in [0.15, 0.2) is 0 Å². The summed E-state index contributed by atoms with van der Waals surface area (Å²) in [5, 5.41) is 4.28. The summed E-state index contributed by atoms with van der Waals surface area (Å²) >= 11 is 6.46. The number of aromatic nitrogens is 1. The topological polar surface area (TPSA) is 71.5 Å². The first-order valence-corrected chi connectivity index (χ1v) is 12.9. The molecule has 3 rings (SSSR count). The SMILES string of the molecule is CCN(CCCc1ccc2c(NC(=O)C[C@@H](C)c3ccccc3)c(Cl)ccc2n1)C(=O)OC(C)(C)C. The van der Waals surface area contributed by atoms with Gasteiger partial charge in [-0.1, -0.05) is 48.9 Å². The van der Waals surface area contributed by atoms with Gasteiger partial charge >= 0.3 is 6.09 Å². The summed E-state index contributed by atoms with van der Waals surface area (Å²) in [4.78, 5) is 31.6. The lowest BCUT2D eigenvalue weighted by atomic mass is 9.97. The second-order valence-corrected chi connectivity index (χ2v) is 10.4. The molecule has 1 heterocycles. The van der Waals surface area contributed by atoms with E-state index in [1.165, 1.54) is 0 Å². The quantitative estimate of drug-likeness (QED) is 0.331. The molecular formula is C29H36ClN3O3. The lowest BCUT2D eigenvalue weighted by molar-refractivity contribution is -0.116. The van der Waals surface area contributed by atoms with Crippen LogP contribution in [0.25, 0.3) is 10.9 Å². The monoisotopic (exact) mass is 509 g/mol. The predicted molar refractivity (Wildman–Crippen MR) is 147 cm³/mol. The van der Waals surface area contributed by atoms with Crippen LogP contribution in [0.1, 0.15) is 64.6 Å². The molecule has 0 bridgehead atoms. The van der Waals surface area contributed by atoms with Crippen molar-refractivity contribution in [2.45, 2.75) is 65.4 Å². The van der Waals surface area contributed by atoms with Crippen molar-refractivity contribution in [2.24, 2.45) is 0 Å². The van der Waals surface area contributed by atoms with Crippen molar-refractivity contribution in [1.82, 2.24) is 9.88 Å². The summed E-state index contributed by atoms with van der Waals surface area (Å²) in [6, 6.07) is 17.5. The van der Waals surface area contributed by atoms with E-state index in [0.29, 0.717) is 36.6 Å². The molecule has 1 aromatic heterocycles. The third-order valence-corrected chi connectivity index (χ3v) is 6.21. The average Bonchev–Trinajstić information content (AvgIpc) is 2.83. The number of rotatable bonds is 9. The summed E-state index contributed by atoms with van der Waals surface area (Å²) < 4.78 is 5.48. The van der Waals surface area contributed by atoms with Crippen molar-refractivity contribution in [3.63, 3.8) is 0 Å². The van der Waals surface area contributed by atoms with Crippen LogP contribution < -0.4 is 5.32 Å². The van der Waals surface area contributed by atoms with Gasteiger partial charge in [-0.25, -0.2) is 4.79 Å². The van der Waals surface area contributed by atoms with Gasteiger partial charge in [0.1, 0.15) is 5.60 Å². The standard InChI is InChI=1S/C29H36ClN3O3/c1-6-33(28(35)36-29(3,4)5)18-10-13-22-14-15-23-25(31-22)17-16-24(30)27(23)32-26(34)19-20(2)21-11-8-7-9-12-21/h7-9,11-12,14-17,20H,6,10,13,18-19H2,1-5H3,(H,32,34)/t20-/m1/s1. The molecule has 0 saturated heterocycles. The smallest absolute Gasteiger partial charge is 0.410 e. The summed E-state index contributed by atoms with van der Waals surface area (Å²) in [6.45, 7) is 10.8. The minimum absolute atomic E-state index is 0.0908. The molecule has 7 heteroatoms. The van der Waals surface area contributed by atoms with Crippen LogP contribution in [0.5, 0.6) is 0 Å². The van der Waals surface area contributed by atoms with E-state index in [0.717, 1.165) is 28.6 Å². The van der Waals surface area contributed by atoms with Crippen LogP contribution in [-0.4, -0.2) is 40.6 Å². The van der Waals surface area contributed by atoms with Crippen molar-refractivity contribution in [3.05, 3.63) is 70.9 Å². The first-order valence-electron chi connectivity index (χ1n) is 12.5. The average molecular weight is 510 g/mol. The summed E-state index contributed by atoms with van der Waals surface area (Å²) in [5.74, 6) is -0.000301. The Morgan fingerprint density at radius 3 is 2.47 bits per heavy atom. The van der Waals surface area contributed by atoms with Crippen molar-refractivity contribution in [1.29, 1.82) is 0 Å². The molecule has 0 spiro atoms. The van der Waals surface area contributed by atoms with E-state index in [2.05, 4.69) is 5.32 Å². The number of fused-ring (bicyclic) bond motifs is 1. The summed E-state index contributed by atoms with van der Waals surface area (Å²) in [5.41, 5.74) is 2.87. The minimum Gasteiger partial charge on any atom is -0.444 e. The van der Waals surface area contributed by atoms with Crippen molar-refractivity contribution in [2.75, 3.05) is 18.4 Å². The number of hydrogen-bond acceptors (Lipinski definition) is 4. The molecule has 0 saturated carbocycles. The fraction of sp³-hybridized carbons (Fsp3) is 0.414. The molecule has 36 heavy (non-hydrogen) atoms. The zero-order chi connectivity index (χ0) is 26.3. The Hall–Kier alpha value is -3.12. The number of nitrogens with one attached hydrogen (secondary N) is 1. The highest BCUT2D eigenvalue weighted by atomic mass is 35.5. The van der Waals surface area contributed by atoms with Gasteiger partial charge in [0, 0.05) is 30.6 Å². The number of anilines is 1. The number of nitrogens with zero attached hydrogens (tertiary/aromatic N) is 2. The predicted octanol–water partition coefficient (Wildman–Crippen LogP) is 7.21. The first-order chi connectivity index (χ1) is 17.1. The van der Waals surface area contributed by atoms with Crippen molar-refractivity contribution >= 4 is 40.2 Å². The second-order valence-electron chi connectivity index (χ2n) is 10.0. The molecule has 0 aliphatic carbocycles. The molecule has 0 aliphatic heterocycles. The van der Waals surface area contributed by atoms with E-state index in [1.807, 2.05) is 83.1 Å². The van der Waals surface area contributed by atoms with E-state index in [9.17, 15) is 9.59 Å². The molecule has 1 N–H and O–H groups in total. The van der Waals surface area contributed by atoms with E-state index < -0.39 is 5.60 Å².